The van der Waals surface area contributed by atoms with Crippen LogP contribution >= 0.6 is 0 Å². The molecule has 0 aliphatic carbocycles. The summed E-state index contributed by atoms with van der Waals surface area (Å²) in [5, 5.41) is 0. The zero-order valence-corrected chi connectivity index (χ0v) is 44.8. The number of hydrogen-bond acceptors (Lipinski definition) is 2. The second-order valence-corrected chi connectivity index (χ2v) is 19.4. The van der Waals surface area contributed by atoms with E-state index in [-0.39, 0.29) is 20.4 Å². The van der Waals surface area contributed by atoms with Crippen LogP contribution in [0.15, 0.2) is 82.8 Å². The van der Waals surface area contributed by atoms with Gasteiger partial charge in [0.15, 0.2) is 0 Å². The van der Waals surface area contributed by atoms with Crippen LogP contribution in [-0.2, 0) is 33.3 Å². The molecule has 0 aliphatic rings. The summed E-state index contributed by atoms with van der Waals surface area (Å²) in [6.07, 6.45) is 67.3. The van der Waals surface area contributed by atoms with Crippen molar-refractivity contribution in [1.29, 1.82) is 0 Å². The van der Waals surface area contributed by atoms with Crippen LogP contribution in [0.3, 0.4) is 0 Å². The summed E-state index contributed by atoms with van der Waals surface area (Å²) in [7, 11) is 0. The normalized spacial score (nSPS) is 12.1. The van der Waals surface area contributed by atoms with Crippen molar-refractivity contribution in [2.24, 2.45) is 9.98 Å². The Morgan fingerprint density at radius 2 is 0.662 bits per heavy atom. The van der Waals surface area contributed by atoms with E-state index in [2.05, 4.69) is 99.8 Å². The predicted molar refractivity (Wildman–Crippen MR) is 291 cm³/mol. The third kappa shape index (κ3) is 37.6. The third-order valence-electron chi connectivity index (χ3n) is 13.3. The molecule has 0 spiro atoms. The third-order valence-corrected chi connectivity index (χ3v) is 13.3. The standard InChI is InChI=1S/C62H104N2.Pd/c1-4-7-10-12-14-16-18-20-22-24-26-28-30-32-34-36-38-40-42-44-50-58-52-46-48-55-61(58)63-57-60(54-9-6-3)64-62-56-49-47-53-59(62)51-45-43-41-39-37-35-33-31-29-27-25-23-21-19-17-15-13-11-8-5-2;/h40-43,46-49,52-53,55-57H,4-39,44-45,50-51,54H2,1-3H3;. The van der Waals surface area contributed by atoms with Crippen molar-refractivity contribution >= 4 is 23.3 Å². The number of unbranched alkanes of at least 4 members (excludes halogenated alkanes) is 33. The minimum absolute atomic E-state index is 0. The Balaban J connectivity index is 0.0000211. The van der Waals surface area contributed by atoms with Gasteiger partial charge in [-0.15, -0.1) is 0 Å². The maximum Gasteiger partial charge on any atom is 0.0665 e. The number of benzene rings is 2. The first kappa shape index (κ1) is 60.9. The number of aliphatic imine (C=N–C) groups is 2. The van der Waals surface area contributed by atoms with Crippen LogP contribution in [0, 0.1) is 0 Å². The fourth-order valence-electron chi connectivity index (χ4n) is 9.06. The molecule has 2 aromatic carbocycles. The van der Waals surface area contributed by atoms with Gasteiger partial charge in [-0.3, -0.25) is 9.98 Å². The number of rotatable bonds is 46. The summed E-state index contributed by atoms with van der Waals surface area (Å²) in [5.41, 5.74) is 5.94. The van der Waals surface area contributed by atoms with Crippen LogP contribution in [-0.4, -0.2) is 11.9 Å². The van der Waals surface area contributed by atoms with Crippen molar-refractivity contribution in [1.82, 2.24) is 0 Å². The molecule has 0 amide bonds. The van der Waals surface area contributed by atoms with Gasteiger partial charge < -0.3 is 0 Å². The SMILES string of the molecule is CCCCCCCCCCCCCCCCCCC=CCCc1ccccc1N=CC(CCCC)=Nc1ccccc1CCC=CCCCCCCCCCCCCCCCCCC.[Pd]. The second-order valence-electron chi connectivity index (χ2n) is 19.4. The maximum atomic E-state index is 5.23. The largest absolute Gasteiger partial charge is 0.255 e. The van der Waals surface area contributed by atoms with Gasteiger partial charge in [0.05, 0.1) is 17.1 Å². The number of allylic oxidation sites excluding steroid dienone is 4. The molecule has 2 rings (SSSR count). The first-order valence-corrected chi connectivity index (χ1v) is 28.4. The average Bonchev–Trinajstić information content (AvgIpc) is 3.31. The minimum Gasteiger partial charge on any atom is -0.255 e. The fraction of sp³-hybridized carbons (Fsp3) is 0.710. The van der Waals surface area contributed by atoms with Crippen molar-refractivity contribution < 1.29 is 20.4 Å². The Kier molecular flexibility index (Phi) is 45.4. The van der Waals surface area contributed by atoms with E-state index in [1.165, 1.54) is 229 Å². The summed E-state index contributed by atoms with van der Waals surface area (Å²) in [4.78, 5) is 10.3. The van der Waals surface area contributed by atoms with Gasteiger partial charge in [-0.1, -0.05) is 281 Å². The maximum absolute atomic E-state index is 5.23. The quantitative estimate of drug-likeness (QED) is 0.0273. The molecule has 0 saturated heterocycles. The second kappa shape index (κ2) is 48.4. The van der Waals surface area contributed by atoms with Gasteiger partial charge in [0, 0.05) is 26.6 Å². The molecule has 0 aliphatic heterocycles. The first-order valence-electron chi connectivity index (χ1n) is 28.4. The van der Waals surface area contributed by atoms with Gasteiger partial charge >= 0.3 is 0 Å². The molecular formula is C62H104N2Pd. The average molecular weight is 984 g/mol. The number of hydrogen-bond donors (Lipinski definition) is 0. The molecule has 0 aromatic heterocycles. The molecule has 0 unspecified atom stereocenters. The van der Waals surface area contributed by atoms with E-state index in [4.69, 9.17) is 9.98 Å². The summed E-state index contributed by atoms with van der Waals surface area (Å²) in [6.45, 7) is 6.87. The Bertz CT molecular complexity index is 1420. The number of aryl methyl sites for hydroxylation is 2. The van der Waals surface area contributed by atoms with Crippen LogP contribution in [0.25, 0.3) is 0 Å². The molecule has 3 heteroatoms. The van der Waals surface area contributed by atoms with Crippen molar-refractivity contribution in [3.8, 4) is 0 Å². The monoisotopic (exact) mass is 983 g/mol. The van der Waals surface area contributed by atoms with E-state index >= 15 is 0 Å². The molecule has 0 N–H and O–H groups in total. The van der Waals surface area contributed by atoms with Crippen molar-refractivity contribution in [2.75, 3.05) is 0 Å². The smallest absolute Gasteiger partial charge is 0.0665 e. The molecular weight excluding hydrogens is 879 g/mol. The van der Waals surface area contributed by atoms with Gasteiger partial charge in [0.1, 0.15) is 0 Å². The van der Waals surface area contributed by atoms with Crippen molar-refractivity contribution in [3.05, 3.63) is 84.0 Å². The van der Waals surface area contributed by atoms with Crippen LogP contribution in [0.4, 0.5) is 11.4 Å². The van der Waals surface area contributed by atoms with E-state index in [1.54, 1.807) is 0 Å². The topological polar surface area (TPSA) is 24.7 Å². The molecule has 2 nitrogen and oxygen atoms in total. The van der Waals surface area contributed by atoms with Crippen molar-refractivity contribution in [2.45, 2.75) is 284 Å². The van der Waals surface area contributed by atoms with E-state index in [1.807, 2.05) is 0 Å². The van der Waals surface area contributed by atoms with Crippen LogP contribution < -0.4 is 0 Å². The number of nitrogens with zero attached hydrogens (tertiary/aromatic N) is 2. The Labute approximate surface area is 419 Å². The molecule has 0 radical (unpaired) electrons. The van der Waals surface area contributed by atoms with E-state index in [9.17, 15) is 0 Å². The molecule has 372 valence electrons. The minimum atomic E-state index is 0. The predicted octanol–water partition coefficient (Wildman–Crippen LogP) is 21.6. The molecule has 0 atom stereocenters. The molecule has 65 heavy (non-hydrogen) atoms. The van der Waals surface area contributed by atoms with Gasteiger partial charge in [-0.05, 0) is 87.5 Å². The Morgan fingerprint density at radius 3 is 1.05 bits per heavy atom. The Hall–Kier alpha value is -2.08. The summed E-state index contributed by atoms with van der Waals surface area (Å²) in [6, 6.07) is 17.5. The Morgan fingerprint density at radius 1 is 0.354 bits per heavy atom. The summed E-state index contributed by atoms with van der Waals surface area (Å²) < 4.78 is 0. The molecule has 0 fully saturated rings. The summed E-state index contributed by atoms with van der Waals surface area (Å²) in [5.74, 6) is 0. The number of para-hydroxylation sites is 2. The fourth-order valence-corrected chi connectivity index (χ4v) is 9.06. The van der Waals surface area contributed by atoms with E-state index < -0.39 is 0 Å². The molecule has 2 aromatic rings. The molecule has 0 bridgehead atoms. The van der Waals surface area contributed by atoms with Crippen molar-refractivity contribution in [3.63, 3.8) is 0 Å². The molecule has 0 heterocycles. The van der Waals surface area contributed by atoms with Crippen LogP contribution in [0.5, 0.6) is 0 Å². The van der Waals surface area contributed by atoms with Gasteiger partial charge in [-0.2, -0.15) is 0 Å². The van der Waals surface area contributed by atoms with Gasteiger partial charge in [-0.25, -0.2) is 0 Å². The zero-order chi connectivity index (χ0) is 45.5. The molecule has 0 saturated carbocycles. The summed E-state index contributed by atoms with van der Waals surface area (Å²) >= 11 is 0. The van der Waals surface area contributed by atoms with Gasteiger partial charge in [0.25, 0.3) is 0 Å². The van der Waals surface area contributed by atoms with Crippen LogP contribution in [0.1, 0.15) is 282 Å². The van der Waals surface area contributed by atoms with E-state index in [0.29, 0.717) is 0 Å². The zero-order valence-electron chi connectivity index (χ0n) is 43.2. The van der Waals surface area contributed by atoms with Gasteiger partial charge in [0.2, 0.25) is 0 Å². The van der Waals surface area contributed by atoms with Crippen LogP contribution in [0.2, 0.25) is 0 Å². The first-order chi connectivity index (χ1) is 31.8. The van der Waals surface area contributed by atoms with E-state index in [0.717, 1.165) is 62.0 Å².